The zero-order valence-corrected chi connectivity index (χ0v) is 23.5. The van der Waals surface area contributed by atoms with Gasteiger partial charge in [-0.25, -0.2) is 4.98 Å². The van der Waals surface area contributed by atoms with E-state index < -0.39 is 5.54 Å². The van der Waals surface area contributed by atoms with Crippen molar-refractivity contribution < 1.29 is 23.7 Å². The fourth-order valence-corrected chi connectivity index (χ4v) is 5.44. The summed E-state index contributed by atoms with van der Waals surface area (Å²) in [6.45, 7) is 9.47. The molecule has 0 aliphatic carbocycles. The van der Waals surface area contributed by atoms with Crippen molar-refractivity contribution in [2.45, 2.75) is 52.2 Å². The maximum absolute atomic E-state index is 14.1. The summed E-state index contributed by atoms with van der Waals surface area (Å²) in [6, 6.07) is 9.41. The molecular weight excluding hydrogens is 506 g/mol. The minimum Gasteiger partial charge on any atom is -0.496 e. The Labute approximate surface area is 228 Å². The van der Waals surface area contributed by atoms with Crippen LogP contribution in [-0.2, 0) is 17.6 Å². The Morgan fingerprint density at radius 3 is 2.53 bits per heavy atom. The van der Waals surface area contributed by atoms with E-state index in [1.54, 1.807) is 20.3 Å². The van der Waals surface area contributed by atoms with Crippen LogP contribution in [0.4, 0.5) is 0 Å². The van der Waals surface area contributed by atoms with E-state index in [0.717, 1.165) is 23.4 Å². The Morgan fingerprint density at radius 2 is 1.84 bits per heavy atom. The molecular formula is C29H34ClN3O5. The van der Waals surface area contributed by atoms with E-state index in [9.17, 15) is 4.79 Å². The predicted molar refractivity (Wildman–Crippen MR) is 146 cm³/mol. The number of halogens is 1. The van der Waals surface area contributed by atoms with Gasteiger partial charge in [0.1, 0.15) is 11.6 Å². The van der Waals surface area contributed by atoms with Crippen LogP contribution in [0.5, 0.6) is 17.2 Å². The average Bonchev–Trinajstić information content (AvgIpc) is 3.27. The van der Waals surface area contributed by atoms with Gasteiger partial charge in [-0.3, -0.25) is 9.36 Å². The van der Waals surface area contributed by atoms with Crippen LogP contribution in [-0.4, -0.2) is 66.0 Å². The van der Waals surface area contributed by atoms with Crippen LogP contribution in [0.25, 0.3) is 17.1 Å². The molecule has 2 aliphatic rings. The summed E-state index contributed by atoms with van der Waals surface area (Å²) >= 11 is 6.44. The zero-order valence-electron chi connectivity index (χ0n) is 22.8. The van der Waals surface area contributed by atoms with Gasteiger partial charge in [0.25, 0.3) is 5.91 Å². The first-order chi connectivity index (χ1) is 18.1. The number of carbonyl (C=O) groups is 1. The van der Waals surface area contributed by atoms with Gasteiger partial charge in [0.2, 0.25) is 0 Å². The van der Waals surface area contributed by atoms with Gasteiger partial charge < -0.3 is 23.8 Å². The summed E-state index contributed by atoms with van der Waals surface area (Å²) < 4.78 is 25.2. The zero-order chi connectivity index (χ0) is 27.2. The van der Waals surface area contributed by atoms with Crippen molar-refractivity contribution in [2.24, 2.45) is 0 Å². The van der Waals surface area contributed by atoms with E-state index in [2.05, 4.69) is 4.57 Å². The standard InChI is InChI=1S/C29H34ClN3O5/c1-17(2)38-25-15-22-18(13-24(25)36-6)7-9-21-26(28(34)32-11-12-37-16-29(32,3)4)31-27(33(21)22)20-14-19(30)8-10-23(20)35-5/h8,10,13-15,17H,7,9,11-12,16H2,1-6H3. The van der Waals surface area contributed by atoms with Gasteiger partial charge in [0, 0.05) is 17.6 Å². The van der Waals surface area contributed by atoms with Crippen LogP contribution < -0.4 is 14.2 Å². The third kappa shape index (κ3) is 4.60. The SMILES string of the molecule is COc1cc2c(cc1OC(C)C)-n1c(-c3cc(Cl)ccc3OC)nc(C(=O)N3CCOCC3(C)C)c1CC2. The van der Waals surface area contributed by atoms with Gasteiger partial charge in [-0.2, -0.15) is 0 Å². The molecule has 0 atom stereocenters. The molecule has 0 N–H and O–H groups in total. The minimum absolute atomic E-state index is 0.0408. The van der Waals surface area contributed by atoms with Gasteiger partial charge >= 0.3 is 0 Å². The number of amides is 1. The highest BCUT2D eigenvalue weighted by molar-refractivity contribution is 6.31. The lowest BCUT2D eigenvalue weighted by molar-refractivity contribution is -0.0373. The first-order valence-electron chi connectivity index (χ1n) is 12.9. The lowest BCUT2D eigenvalue weighted by atomic mass is 9.98. The minimum atomic E-state index is -0.446. The maximum atomic E-state index is 14.1. The van der Waals surface area contributed by atoms with Gasteiger partial charge in [-0.1, -0.05) is 11.6 Å². The molecule has 0 bridgehead atoms. The van der Waals surface area contributed by atoms with Gasteiger partial charge in [0.05, 0.1) is 56.0 Å². The highest BCUT2D eigenvalue weighted by Gasteiger charge is 2.39. The first kappa shape index (κ1) is 26.4. The lowest BCUT2D eigenvalue weighted by Gasteiger charge is -2.41. The fourth-order valence-electron chi connectivity index (χ4n) is 5.27. The van der Waals surface area contributed by atoms with Crippen molar-refractivity contribution in [1.29, 1.82) is 0 Å². The fraction of sp³-hybridized carbons (Fsp3) is 0.448. The number of fused-ring (bicyclic) bond motifs is 3. The van der Waals surface area contributed by atoms with E-state index in [1.165, 1.54) is 0 Å². The maximum Gasteiger partial charge on any atom is 0.274 e. The smallest absolute Gasteiger partial charge is 0.274 e. The molecule has 1 fully saturated rings. The largest absolute Gasteiger partial charge is 0.496 e. The summed E-state index contributed by atoms with van der Waals surface area (Å²) in [5.74, 6) is 2.41. The molecule has 38 heavy (non-hydrogen) atoms. The molecule has 0 spiro atoms. The lowest BCUT2D eigenvalue weighted by Crippen LogP contribution is -2.55. The molecule has 1 saturated heterocycles. The number of aryl methyl sites for hydroxylation is 1. The summed E-state index contributed by atoms with van der Waals surface area (Å²) in [6.07, 6.45) is 1.33. The molecule has 1 amide bonds. The van der Waals surface area contributed by atoms with Gasteiger partial charge in [-0.05, 0) is 70.4 Å². The number of hydrogen-bond acceptors (Lipinski definition) is 6. The number of ether oxygens (including phenoxy) is 4. The topological polar surface area (TPSA) is 75.1 Å². The Morgan fingerprint density at radius 1 is 1.08 bits per heavy atom. The highest BCUT2D eigenvalue weighted by atomic mass is 35.5. The molecule has 202 valence electrons. The number of carbonyl (C=O) groups excluding carboxylic acids is 1. The normalized spacial score (nSPS) is 16.2. The molecule has 2 aliphatic heterocycles. The molecule has 0 radical (unpaired) electrons. The van der Waals surface area contributed by atoms with Crippen LogP contribution in [0.3, 0.4) is 0 Å². The quantitative estimate of drug-likeness (QED) is 0.420. The number of rotatable bonds is 6. The number of benzene rings is 2. The third-order valence-corrected chi connectivity index (χ3v) is 7.30. The van der Waals surface area contributed by atoms with Gasteiger partial charge in [-0.15, -0.1) is 0 Å². The van der Waals surface area contributed by atoms with Crippen molar-refractivity contribution in [1.82, 2.24) is 14.5 Å². The van der Waals surface area contributed by atoms with E-state index >= 15 is 0 Å². The number of imidazole rings is 1. The van der Waals surface area contributed by atoms with E-state index in [-0.39, 0.29) is 12.0 Å². The highest BCUT2D eigenvalue weighted by Crippen LogP contribution is 2.42. The number of methoxy groups -OCH3 is 2. The molecule has 5 rings (SSSR count). The monoisotopic (exact) mass is 539 g/mol. The summed E-state index contributed by atoms with van der Waals surface area (Å²) in [5.41, 5.74) is 3.52. The van der Waals surface area contributed by atoms with Crippen molar-refractivity contribution in [2.75, 3.05) is 34.0 Å². The van der Waals surface area contributed by atoms with Gasteiger partial charge in [0.15, 0.2) is 17.2 Å². The Bertz CT molecular complexity index is 1380. The van der Waals surface area contributed by atoms with Crippen LogP contribution in [0.15, 0.2) is 30.3 Å². The molecule has 0 unspecified atom stereocenters. The van der Waals surface area contributed by atoms with Crippen LogP contribution in [0, 0.1) is 0 Å². The molecule has 0 saturated carbocycles. The van der Waals surface area contributed by atoms with E-state index in [1.807, 2.05) is 56.9 Å². The first-order valence-corrected chi connectivity index (χ1v) is 13.3. The molecule has 3 aromatic rings. The molecule has 3 heterocycles. The summed E-state index contributed by atoms with van der Waals surface area (Å²) in [7, 11) is 3.26. The predicted octanol–water partition coefficient (Wildman–Crippen LogP) is 5.35. The average molecular weight is 540 g/mol. The van der Waals surface area contributed by atoms with Crippen LogP contribution in [0.1, 0.15) is 49.4 Å². The Kier molecular flexibility index (Phi) is 7.05. The van der Waals surface area contributed by atoms with Crippen LogP contribution in [0.2, 0.25) is 5.02 Å². The summed E-state index contributed by atoms with van der Waals surface area (Å²) in [4.78, 5) is 20.9. The van der Waals surface area contributed by atoms with Crippen LogP contribution >= 0.6 is 11.6 Å². The van der Waals surface area contributed by atoms with Crippen molar-refractivity contribution >= 4 is 17.5 Å². The molecule has 1 aromatic heterocycles. The van der Waals surface area contributed by atoms with E-state index in [4.69, 9.17) is 35.5 Å². The second-order valence-electron chi connectivity index (χ2n) is 10.5. The second kappa shape index (κ2) is 10.2. The third-order valence-electron chi connectivity index (χ3n) is 7.07. The van der Waals surface area contributed by atoms with Crippen molar-refractivity contribution in [3.05, 3.63) is 52.3 Å². The van der Waals surface area contributed by atoms with Crippen molar-refractivity contribution in [3.63, 3.8) is 0 Å². The Balaban J connectivity index is 1.76. The Hall–Kier alpha value is -3.23. The molecule has 2 aromatic carbocycles. The van der Waals surface area contributed by atoms with E-state index in [0.29, 0.717) is 65.5 Å². The molecule has 8 nitrogen and oxygen atoms in total. The molecule has 9 heteroatoms. The number of nitrogens with zero attached hydrogens (tertiary/aromatic N) is 3. The number of aromatic nitrogens is 2. The number of morpholine rings is 1. The second-order valence-corrected chi connectivity index (χ2v) is 11.0. The van der Waals surface area contributed by atoms with Crippen molar-refractivity contribution in [3.8, 4) is 34.3 Å². The number of hydrogen-bond donors (Lipinski definition) is 0. The summed E-state index contributed by atoms with van der Waals surface area (Å²) in [5, 5.41) is 0.551.